The zero-order valence-corrected chi connectivity index (χ0v) is 16.6. The van der Waals surface area contributed by atoms with Gasteiger partial charge in [0.2, 0.25) is 5.95 Å². The molecule has 8 nitrogen and oxygen atoms in total. The van der Waals surface area contributed by atoms with Gasteiger partial charge in [-0.25, -0.2) is 14.2 Å². The third-order valence-electron chi connectivity index (χ3n) is 6.11. The van der Waals surface area contributed by atoms with Gasteiger partial charge in [0.25, 0.3) is 0 Å². The Kier molecular flexibility index (Phi) is 7.07. The van der Waals surface area contributed by atoms with Crippen LogP contribution in [0, 0.1) is 5.92 Å². The van der Waals surface area contributed by atoms with Crippen LogP contribution < -0.4 is 16.7 Å². The van der Waals surface area contributed by atoms with Crippen LogP contribution in [0.3, 0.4) is 0 Å². The van der Waals surface area contributed by atoms with Gasteiger partial charge in [-0.05, 0) is 38.5 Å². The standard InChI is InChI=1S/C19H33N5O3/c1-14(15-6-4-3-5-7-15)20-17-21-18(25)24(19(26)22-17)16-8-10-23(11-9-16)12-13-27-2/h14-16H,3-13H2,1-2H3,(H2,20,21,22,25,26)/t14-/m0/s1. The number of aromatic nitrogens is 3. The molecule has 2 aliphatic rings. The van der Waals surface area contributed by atoms with E-state index in [1.54, 1.807) is 7.11 Å². The lowest BCUT2D eigenvalue weighted by Gasteiger charge is -2.32. The summed E-state index contributed by atoms with van der Waals surface area (Å²) in [4.78, 5) is 34.3. The van der Waals surface area contributed by atoms with Crippen LogP contribution in [0.2, 0.25) is 0 Å². The molecule has 8 heteroatoms. The Labute approximate surface area is 160 Å². The molecule has 152 valence electrons. The number of ether oxygens (including phenoxy) is 1. The second kappa shape index (κ2) is 9.50. The first-order valence-electron chi connectivity index (χ1n) is 10.3. The topological polar surface area (TPSA) is 92.2 Å². The molecule has 1 aliphatic heterocycles. The number of rotatable bonds is 7. The number of likely N-dealkylation sites (tertiary alicyclic amines) is 1. The second-order valence-electron chi connectivity index (χ2n) is 7.94. The van der Waals surface area contributed by atoms with Gasteiger partial charge in [-0.15, -0.1) is 0 Å². The molecule has 2 fully saturated rings. The number of hydrogen-bond acceptors (Lipinski definition) is 6. The van der Waals surface area contributed by atoms with E-state index in [2.05, 4.69) is 27.1 Å². The van der Waals surface area contributed by atoms with Crippen LogP contribution in [0.5, 0.6) is 0 Å². The molecule has 1 atom stereocenters. The minimum absolute atomic E-state index is 0.0858. The predicted molar refractivity (Wildman–Crippen MR) is 105 cm³/mol. The fourth-order valence-electron chi connectivity index (χ4n) is 4.41. The molecule has 1 aromatic rings. The molecule has 1 aromatic heterocycles. The van der Waals surface area contributed by atoms with E-state index in [4.69, 9.17) is 4.74 Å². The molecule has 2 heterocycles. The van der Waals surface area contributed by atoms with Crippen molar-refractivity contribution in [2.75, 3.05) is 38.7 Å². The zero-order chi connectivity index (χ0) is 19.2. The van der Waals surface area contributed by atoms with Crippen LogP contribution in [0.1, 0.15) is 57.9 Å². The van der Waals surface area contributed by atoms with Crippen LogP contribution in [0.15, 0.2) is 9.59 Å². The molecule has 2 N–H and O–H groups in total. The Bertz CT molecular complexity index is 671. The number of piperidine rings is 1. The van der Waals surface area contributed by atoms with Crippen molar-refractivity contribution >= 4 is 5.95 Å². The summed E-state index contributed by atoms with van der Waals surface area (Å²) in [6.45, 7) is 5.41. The molecule has 3 rings (SSSR count). The molecule has 0 unspecified atom stereocenters. The van der Waals surface area contributed by atoms with E-state index < -0.39 is 5.69 Å². The van der Waals surface area contributed by atoms with Gasteiger partial charge in [-0.3, -0.25) is 4.98 Å². The molecular formula is C19H33N5O3. The van der Waals surface area contributed by atoms with Crippen LogP contribution in [-0.4, -0.2) is 58.8 Å². The molecule has 0 radical (unpaired) electrons. The first-order valence-corrected chi connectivity index (χ1v) is 10.3. The summed E-state index contributed by atoms with van der Waals surface area (Å²) < 4.78 is 6.41. The maximum Gasteiger partial charge on any atom is 0.355 e. The lowest BCUT2D eigenvalue weighted by atomic mass is 9.85. The van der Waals surface area contributed by atoms with E-state index in [9.17, 15) is 9.59 Å². The summed E-state index contributed by atoms with van der Waals surface area (Å²) >= 11 is 0. The summed E-state index contributed by atoms with van der Waals surface area (Å²) in [7, 11) is 1.70. The van der Waals surface area contributed by atoms with Crippen molar-refractivity contribution in [1.29, 1.82) is 0 Å². The number of hydrogen-bond donors (Lipinski definition) is 2. The van der Waals surface area contributed by atoms with E-state index in [-0.39, 0.29) is 17.8 Å². The highest BCUT2D eigenvalue weighted by Gasteiger charge is 2.24. The van der Waals surface area contributed by atoms with Gasteiger partial charge in [-0.2, -0.15) is 4.98 Å². The molecule has 1 saturated carbocycles. The van der Waals surface area contributed by atoms with Crippen LogP contribution in [0.4, 0.5) is 5.95 Å². The third-order valence-corrected chi connectivity index (χ3v) is 6.11. The summed E-state index contributed by atoms with van der Waals surface area (Å²) in [5.41, 5.74) is -0.809. The maximum atomic E-state index is 12.6. The van der Waals surface area contributed by atoms with E-state index in [1.807, 2.05) is 0 Å². The largest absolute Gasteiger partial charge is 0.383 e. The SMILES string of the molecule is COCCN1CCC(n2c(=O)nc(N[C@@H](C)C3CCCCC3)[nH]c2=O)CC1. The Morgan fingerprint density at radius 2 is 1.89 bits per heavy atom. The Hall–Kier alpha value is -1.67. The van der Waals surface area contributed by atoms with Crippen LogP contribution in [-0.2, 0) is 4.74 Å². The molecule has 27 heavy (non-hydrogen) atoms. The first kappa shape index (κ1) is 20.1. The number of aromatic amines is 1. The molecule has 0 aromatic carbocycles. The number of H-pyrrole nitrogens is 1. The van der Waals surface area contributed by atoms with Crippen molar-refractivity contribution in [3.63, 3.8) is 0 Å². The minimum Gasteiger partial charge on any atom is -0.383 e. The van der Waals surface area contributed by atoms with Gasteiger partial charge in [0.15, 0.2) is 0 Å². The Balaban J connectivity index is 1.63. The Morgan fingerprint density at radius 3 is 2.52 bits per heavy atom. The zero-order valence-electron chi connectivity index (χ0n) is 16.6. The highest BCUT2D eigenvalue weighted by atomic mass is 16.5. The average molecular weight is 380 g/mol. The molecular weight excluding hydrogens is 346 g/mol. The smallest absolute Gasteiger partial charge is 0.355 e. The lowest BCUT2D eigenvalue weighted by molar-refractivity contribution is 0.120. The quantitative estimate of drug-likeness (QED) is 0.748. The second-order valence-corrected chi connectivity index (χ2v) is 7.94. The van der Waals surface area contributed by atoms with Crippen molar-refractivity contribution in [2.24, 2.45) is 5.92 Å². The normalized spacial score (nSPS) is 21.3. The fourth-order valence-corrected chi connectivity index (χ4v) is 4.41. The van der Waals surface area contributed by atoms with Crippen molar-refractivity contribution in [3.8, 4) is 0 Å². The van der Waals surface area contributed by atoms with Gasteiger partial charge in [0.1, 0.15) is 0 Å². The molecule has 0 amide bonds. The summed E-state index contributed by atoms with van der Waals surface area (Å²) in [5.74, 6) is 0.875. The van der Waals surface area contributed by atoms with E-state index in [0.29, 0.717) is 18.5 Å². The number of nitrogens with zero attached hydrogens (tertiary/aromatic N) is 3. The number of nitrogens with one attached hydrogen (secondary N) is 2. The van der Waals surface area contributed by atoms with Gasteiger partial charge in [0, 0.05) is 38.8 Å². The summed E-state index contributed by atoms with van der Waals surface area (Å²) in [5, 5.41) is 3.25. The molecule has 0 spiro atoms. The lowest BCUT2D eigenvalue weighted by Crippen LogP contribution is -2.45. The van der Waals surface area contributed by atoms with Crippen molar-refractivity contribution in [3.05, 3.63) is 21.0 Å². The third kappa shape index (κ3) is 5.19. The fraction of sp³-hybridized carbons (Fsp3) is 0.842. The van der Waals surface area contributed by atoms with Crippen molar-refractivity contribution in [1.82, 2.24) is 19.4 Å². The van der Waals surface area contributed by atoms with Gasteiger partial charge in [-0.1, -0.05) is 19.3 Å². The minimum atomic E-state index is -0.451. The molecule has 1 saturated heterocycles. The van der Waals surface area contributed by atoms with Gasteiger partial charge < -0.3 is 15.0 Å². The maximum absolute atomic E-state index is 12.6. The monoisotopic (exact) mass is 379 g/mol. The van der Waals surface area contributed by atoms with Crippen molar-refractivity contribution < 1.29 is 4.74 Å². The van der Waals surface area contributed by atoms with E-state index in [0.717, 1.165) is 32.5 Å². The van der Waals surface area contributed by atoms with Crippen LogP contribution >= 0.6 is 0 Å². The Morgan fingerprint density at radius 1 is 1.19 bits per heavy atom. The number of methoxy groups -OCH3 is 1. The number of anilines is 1. The van der Waals surface area contributed by atoms with Gasteiger partial charge >= 0.3 is 11.4 Å². The highest BCUT2D eigenvalue weighted by molar-refractivity contribution is 5.23. The summed E-state index contributed by atoms with van der Waals surface area (Å²) in [6.07, 6.45) is 7.75. The van der Waals surface area contributed by atoms with E-state index in [1.165, 1.54) is 36.7 Å². The van der Waals surface area contributed by atoms with Gasteiger partial charge in [0.05, 0.1) is 6.61 Å². The first-order chi connectivity index (χ1) is 13.1. The van der Waals surface area contributed by atoms with E-state index >= 15 is 0 Å². The molecule has 0 bridgehead atoms. The average Bonchev–Trinajstić information content (AvgIpc) is 2.67. The van der Waals surface area contributed by atoms with Crippen LogP contribution in [0.25, 0.3) is 0 Å². The van der Waals surface area contributed by atoms with Crippen molar-refractivity contribution in [2.45, 2.75) is 64.0 Å². The predicted octanol–water partition coefficient (Wildman–Crippen LogP) is 1.60. The molecule has 1 aliphatic carbocycles. The highest BCUT2D eigenvalue weighted by Crippen LogP contribution is 2.27. The summed E-state index contributed by atoms with van der Waals surface area (Å²) in [6, 6.07) is 0.116.